The predicted octanol–water partition coefficient (Wildman–Crippen LogP) is 1.42. The van der Waals surface area contributed by atoms with Crippen molar-refractivity contribution in [1.82, 2.24) is 14.8 Å². The second kappa shape index (κ2) is 5.38. The van der Waals surface area contributed by atoms with Crippen LogP contribution >= 0.6 is 11.6 Å². The highest BCUT2D eigenvalue weighted by molar-refractivity contribution is 6.30. The number of rotatable bonds is 3. The van der Waals surface area contributed by atoms with Gasteiger partial charge in [-0.05, 0) is 18.6 Å². The first-order valence-corrected chi connectivity index (χ1v) is 6.02. The summed E-state index contributed by atoms with van der Waals surface area (Å²) in [5.74, 6) is -0.323. The molecule has 1 unspecified atom stereocenters. The molecule has 0 fully saturated rings. The fourth-order valence-electron chi connectivity index (χ4n) is 1.60. The molecule has 0 aliphatic rings. The van der Waals surface area contributed by atoms with Crippen LogP contribution in [0.1, 0.15) is 17.2 Å². The van der Waals surface area contributed by atoms with E-state index in [1.807, 2.05) is 6.92 Å². The minimum Gasteiger partial charge on any atom is -0.323 e. The SMILES string of the molecule is Cc1cc(NC(=O)C(N)c2cnn(C)c2)cnc1Cl. The van der Waals surface area contributed by atoms with Crippen molar-refractivity contribution in [2.24, 2.45) is 12.8 Å². The van der Waals surface area contributed by atoms with Gasteiger partial charge in [0.05, 0.1) is 18.1 Å². The van der Waals surface area contributed by atoms with Crippen LogP contribution in [0, 0.1) is 6.92 Å². The summed E-state index contributed by atoms with van der Waals surface area (Å²) < 4.78 is 1.59. The van der Waals surface area contributed by atoms with E-state index in [4.69, 9.17) is 17.3 Å². The number of nitrogens with zero attached hydrogens (tertiary/aromatic N) is 3. The van der Waals surface area contributed by atoms with Gasteiger partial charge in [-0.1, -0.05) is 11.6 Å². The largest absolute Gasteiger partial charge is 0.323 e. The van der Waals surface area contributed by atoms with Crippen molar-refractivity contribution in [3.63, 3.8) is 0 Å². The monoisotopic (exact) mass is 279 g/mol. The lowest BCUT2D eigenvalue weighted by Gasteiger charge is -2.11. The number of aromatic nitrogens is 3. The van der Waals surface area contributed by atoms with Crippen LogP contribution in [-0.4, -0.2) is 20.7 Å². The third kappa shape index (κ3) is 3.10. The van der Waals surface area contributed by atoms with Gasteiger partial charge in [-0.15, -0.1) is 0 Å². The molecule has 0 aliphatic heterocycles. The zero-order valence-electron chi connectivity index (χ0n) is 10.6. The summed E-state index contributed by atoms with van der Waals surface area (Å²) in [4.78, 5) is 15.9. The average Bonchev–Trinajstić information content (AvgIpc) is 2.79. The van der Waals surface area contributed by atoms with E-state index in [0.717, 1.165) is 5.56 Å². The second-order valence-electron chi connectivity index (χ2n) is 4.25. The van der Waals surface area contributed by atoms with Crippen molar-refractivity contribution in [1.29, 1.82) is 0 Å². The van der Waals surface area contributed by atoms with Gasteiger partial charge < -0.3 is 11.1 Å². The third-order valence-corrected chi connectivity index (χ3v) is 3.04. The number of halogens is 1. The molecule has 2 aromatic rings. The summed E-state index contributed by atoms with van der Waals surface area (Å²) in [6, 6.07) is 0.966. The fraction of sp³-hybridized carbons (Fsp3) is 0.250. The smallest absolute Gasteiger partial charge is 0.246 e. The number of carbonyl (C=O) groups excluding carboxylic acids is 1. The molecule has 0 radical (unpaired) electrons. The Hall–Kier alpha value is -1.92. The van der Waals surface area contributed by atoms with Gasteiger partial charge in [0.1, 0.15) is 11.2 Å². The first-order valence-electron chi connectivity index (χ1n) is 5.64. The number of pyridine rings is 1. The molecule has 100 valence electrons. The molecule has 0 aliphatic carbocycles. The lowest BCUT2D eigenvalue weighted by molar-refractivity contribution is -0.117. The summed E-state index contributed by atoms with van der Waals surface area (Å²) >= 11 is 5.82. The number of anilines is 1. The Kier molecular flexibility index (Phi) is 3.82. The molecule has 3 N–H and O–H groups in total. The molecule has 0 saturated heterocycles. The first-order chi connectivity index (χ1) is 8.97. The van der Waals surface area contributed by atoms with Gasteiger partial charge in [0.25, 0.3) is 0 Å². The molecule has 2 aromatic heterocycles. The maximum Gasteiger partial charge on any atom is 0.246 e. The number of amides is 1. The van der Waals surface area contributed by atoms with Crippen molar-refractivity contribution in [2.45, 2.75) is 13.0 Å². The molecule has 0 aromatic carbocycles. The summed E-state index contributed by atoms with van der Waals surface area (Å²) in [7, 11) is 1.76. The number of carbonyl (C=O) groups is 1. The van der Waals surface area contributed by atoms with Crippen LogP contribution in [0.2, 0.25) is 5.15 Å². The van der Waals surface area contributed by atoms with Gasteiger partial charge in [-0.2, -0.15) is 5.10 Å². The fourth-order valence-corrected chi connectivity index (χ4v) is 1.70. The van der Waals surface area contributed by atoms with Gasteiger partial charge in [0.2, 0.25) is 5.91 Å². The molecule has 6 nitrogen and oxygen atoms in total. The highest BCUT2D eigenvalue weighted by Gasteiger charge is 2.17. The predicted molar refractivity (Wildman–Crippen MR) is 72.8 cm³/mol. The summed E-state index contributed by atoms with van der Waals surface area (Å²) in [5, 5.41) is 7.09. The van der Waals surface area contributed by atoms with E-state index in [2.05, 4.69) is 15.4 Å². The molecule has 0 saturated carbocycles. The average molecular weight is 280 g/mol. The van der Waals surface area contributed by atoms with Crippen LogP contribution in [0.4, 0.5) is 5.69 Å². The summed E-state index contributed by atoms with van der Waals surface area (Å²) in [6.45, 7) is 1.81. The van der Waals surface area contributed by atoms with Crippen molar-refractivity contribution >= 4 is 23.2 Å². The lowest BCUT2D eigenvalue weighted by atomic mass is 10.1. The Labute approximate surface area is 115 Å². The standard InChI is InChI=1S/C12H14ClN5O/c1-7-3-9(5-15-11(7)13)17-12(19)10(14)8-4-16-18(2)6-8/h3-6,10H,14H2,1-2H3,(H,17,19). The molecule has 1 atom stereocenters. The quantitative estimate of drug-likeness (QED) is 0.832. The third-order valence-electron chi connectivity index (χ3n) is 2.65. The maximum atomic E-state index is 12.0. The van der Waals surface area contributed by atoms with Gasteiger partial charge in [0, 0.05) is 18.8 Å². The topological polar surface area (TPSA) is 85.8 Å². The second-order valence-corrected chi connectivity index (χ2v) is 4.60. The van der Waals surface area contributed by atoms with E-state index in [9.17, 15) is 4.79 Å². The number of nitrogens with two attached hydrogens (primary N) is 1. The number of hydrogen-bond acceptors (Lipinski definition) is 4. The summed E-state index contributed by atoms with van der Waals surface area (Å²) in [6.07, 6.45) is 4.76. The number of hydrogen-bond donors (Lipinski definition) is 2. The lowest BCUT2D eigenvalue weighted by Crippen LogP contribution is -2.27. The van der Waals surface area contributed by atoms with Gasteiger partial charge in [-0.3, -0.25) is 9.48 Å². The highest BCUT2D eigenvalue weighted by atomic mass is 35.5. The van der Waals surface area contributed by atoms with E-state index >= 15 is 0 Å². The molecular weight excluding hydrogens is 266 g/mol. The van der Waals surface area contributed by atoms with Crippen LogP contribution in [-0.2, 0) is 11.8 Å². The van der Waals surface area contributed by atoms with Crippen LogP contribution in [0.3, 0.4) is 0 Å². The van der Waals surface area contributed by atoms with E-state index in [1.54, 1.807) is 30.2 Å². The van der Waals surface area contributed by atoms with Crippen molar-refractivity contribution < 1.29 is 4.79 Å². The van der Waals surface area contributed by atoms with Crippen LogP contribution in [0.15, 0.2) is 24.7 Å². The molecule has 1 amide bonds. The maximum absolute atomic E-state index is 12.0. The molecule has 2 heterocycles. The molecule has 0 spiro atoms. The van der Waals surface area contributed by atoms with Gasteiger partial charge in [-0.25, -0.2) is 4.98 Å². The zero-order chi connectivity index (χ0) is 14.0. The van der Waals surface area contributed by atoms with Gasteiger partial charge >= 0.3 is 0 Å². The Balaban J connectivity index is 2.10. The first kappa shape index (κ1) is 13.5. The Morgan fingerprint density at radius 3 is 2.84 bits per heavy atom. The van der Waals surface area contributed by atoms with Crippen LogP contribution < -0.4 is 11.1 Å². The van der Waals surface area contributed by atoms with Crippen LogP contribution in [0.25, 0.3) is 0 Å². The van der Waals surface area contributed by atoms with Crippen molar-refractivity contribution in [3.8, 4) is 0 Å². The van der Waals surface area contributed by atoms with E-state index in [1.165, 1.54) is 6.20 Å². The Bertz CT molecular complexity index is 610. The van der Waals surface area contributed by atoms with E-state index in [-0.39, 0.29) is 5.91 Å². The summed E-state index contributed by atoms with van der Waals surface area (Å²) in [5.41, 5.74) is 7.86. The van der Waals surface area contributed by atoms with E-state index in [0.29, 0.717) is 16.4 Å². The highest BCUT2D eigenvalue weighted by Crippen LogP contribution is 2.17. The van der Waals surface area contributed by atoms with E-state index < -0.39 is 6.04 Å². The van der Waals surface area contributed by atoms with Gasteiger partial charge in [0.15, 0.2) is 0 Å². The van der Waals surface area contributed by atoms with Crippen molar-refractivity contribution in [2.75, 3.05) is 5.32 Å². The molecular formula is C12H14ClN5O. The molecule has 7 heteroatoms. The Morgan fingerprint density at radius 2 is 2.26 bits per heavy atom. The van der Waals surface area contributed by atoms with Crippen molar-refractivity contribution in [3.05, 3.63) is 40.9 Å². The number of aryl methyl sites for hydroxylation is 2. The molecule has 2 rings (SSSR count). The normalized spacial score (nSPS) is 12.2. The molecule has 19 heavy (non-hydrogen) atoms. The number of nitrogens with one attached hydrogen (secondary N) is 1. The minimum atomic E-state index is -0.773. The zero-order valence-corrected chi connectivity index (χ0v) is 11.3. The molecule has 0 bridgehead atoms. The minimum absolute atomic E-state index is 0.323. The van der Waals surface area contributed by atoms with Crippen LogP contribution in [0.5, 0.6) is 0 Å². The Morgan fingerprint density at radius 1 is 1.53 bits per heavy atom.